The zero-order valence-electron chi connectivity index (χ0n) is 12.4. The molecule has 2 heterocycles. The minimum atomic E-state index is -0.499. The van der Waals surface area contributed by atoms with Crippen LogP contribution in [0.1, 0.15) is 12.0 Å². The Labute approximate surface area is 153 Å². The van der Waals surface area contributed by atoms with Crippen LogP contribution in [0, 0.1) is 0 Å². The van der Waals surface area contributed by atoms with Crippen molar-refractivity contribution in [2.75, 3.05) is 5.32 Å². The van der Waals surface area contributed by atoms with E-state index in [0.29, 0.717) is 22.3 Å². The molecule has 0 radical (unpaired) electrons. The lowest BCUT2D eigenvalue weighted by molar-refractivity contribution is -0.124. The second-order valence-electron chi connectivity index (χ2n) is 5.18. The molecule has 2 aromatic rings. The van der Waals surface area contributed by atoms with Gasteiger partial charge < -0.3 is 10.6 Å². The van der Waals surface area contributed by atoms with Gasteiger partial charge in [0.1, 0.15) is 5.03 Å². The number of hydrogen-bond donors (Lipinski definition) is 2. The monoisotopic (exact) mass is 381 g/mol. The number of carbonyl (C=O) groups is 2. The number of rotatable bonds is 4. The van der Waals surface area contributed by atoms with Crippen LogP contribution in [0.4, 0.5) is 5.69 Å². The van der Waals surface area contributed by atoms with E-state index in [4.69, 9.17) is 23.2 Å². The standard InChI is InChI=1S/C16H13Cl2N3O2S/c17-10-4-3-9(6-11(10)18)8-20-14(22)7-13-15(23)21-12-2-1-5-19-16(12)24-13/h1-6,13H,7-8H2,(H,20,22)(H,21,23). The van der Waals surface area contributed by atoms with Crippen molar-refractivity contribution in [1.82, 2.24) is 10.3 Å². The quantitative estimate of drug-likeness (QED) is 0.849. The van der Waals surface area contributed by atoms with Crippen molar-refractivity contribution in [1.29, 1.82) is 0 Å². The van der Waals surface area contributed by atoms with Gasteiger partial charge in [0.15, 0.2) is 0 Å². The summed E-state index contributed by atoms with van der Waals surface area (Å²) in [6.45, 7) is 0.323. The number of hydrogen-bond acceptors (Lipinski definition) is 4. The molecular weight excluding hydrogens is 369 g/mol. The van der Waals surface area contributed by atoms with E-state index in [0.717, 1.165) is 10.6 Å². The van der Waals surface area contributed by atoms with Crippen molar-refractivity contribution in [3.63, 3.8) is 0 Å². The highest BCUT2D eigenvalue weighted by Crippen LogP contribution is 2.34. The van der Waals surface area contributed by atoms with Crippen molar-refractivity contribution >= 4 is 52.5 Å². The van der Waals surface area contributed by atoms with E-state index in [-0.39, 0.29) is 18.2 Å². The number of halogens is 2. The first-order chi connectivity index (χ1) is 11.5. The largest absolute Gasteiger partial charge is 0.352 e. The molecule has 0 spiro atoms. The number of fused-ring (bicyclic) bond motifs is 1. The molecule has 1 unspecified atom stereocenters. The maximum atomic E-state index is 12.1. The van der Waals surface area contributed by atoms with Crippen LogP contribution in [0.3, 0.4) is 0 Å². The molecule has 0 fully saturated rings. The summed E-state index contributed by atoms with van der Waals surface area (Å²) in [4.78, 5) is 28.4. The topological polar surface area (TPSA) is 71.1 Å². The van der Waals surface area contributed by atoms with Crippen molar-refractivity contribution < 1.29 is 9.59 Å². The third kappa shape index (κ3) is 4.01. The smallest absolute Gasteiger partial charge is 0.238 e. The summed E-state index contributed by atoms with van der Waals surface area (Å²) in [7, 11) is 0. The number of carbonyl (C=O) groups excluding carboxylic acids is 2. The van der Waals surface area contributed by atoms with Gasteiger partial charge in [-0.1, -0.05) is 41.0 Å². The molecule has 1 aromatic heterocycles. The first-order valence-corrected chi connectivity index (χ1v) is 8.79. The molecule has 2 amide bonds. The van der Waals surface area contributed by atoms with E-state index in [2.05, 4.69) is 15.6 Å². The predicted octanol–water partition coefficient (Wildman–Crippen LogP) is 3.51. The fraction of sp³-hybridized carbons (Fsp3) is 0.188. The molecule has 1 atom stereocenters. The third-order valence-electron chi connectivity index (χ3n) is 3.42. The fourth-order valence-corrected chi connectivity index (χ4v) is 3.57. The highest BCUT2D eigenvalue weighted by molar-refractivity contribution is 8.00. The normalized spacial score (nSPS) is 16.2. The first-order valence-electron chi connectivity index (χ1n) is 7.16. The summed E-state index contributed by atoms with van der Waals surface area (Å²) in [5, 5.41) is 6.68. The van der Waals surface area contributed by atoms with Gasteiger partial charge in [-0.15, -0.1) is 0 Å². The summed E-state index contributed by atoms with van der Waals surface area (Å²) >= 11 is 13.1. The molecule has 0 saturated heterocycles. The van der Waals surface area contributed by atoms with Crippen molar-refractivity contribution in [2.45, 2.75) is 23.2 Å². The van der Waals surface area contributed by atoms with Crippen LogP contribution in [-0.2, 0) is 16.1 Å². The molecule has 1 aliphatic heterocycles. The fourth-order valence-electron chi connectivity index (χ4n) is 2.21. The van der Waals surface area contributed by atoms with E-state index in [1.54, 1.807) is 36.5 Å². The number of nitrogens with zero attached hydrogens (tertiary/aromatic N) is 1. The maximum Gasteiger partial charge on any atom is 0.238 e. The third-order valence-corrected chi connectivity index (χ3v) is 5.37. The van der Waals surface area contributed by atoms with E-state index in [9.17, 15) is 9.59 Å². The van der Waals surface area contributed by atoms with Crippen LogP contribution in [0.25, 0.3) is 0 Å². The number of thioether (sulfide) groups is 1. The van der Waals surface area contributed by atoms with Crippen LogP contribution in [0.15, 0.2) is 41.6 Å². The summed E-state index contributed by atoms with van der Waals surface area (Å²) in [5.41, 5.74) is 1.52. The Morgan fingerprint density at radius 3 is 2.92 bits per heavy atom. The molecule has 0 bridgehead atoms. The van der Waals surface area contributed by atoms with Gasteiger partial charge in [0.05, 0.1) is 21.0 Å². The van der Waals surface area contributed by atoms with Gasteiger partial charge in [-0.2, -0.15) is 0 Å². The van der Waals surface area contributed by atoms with Crippen LogP contribution in [-0.4, -0.2) is 22.0 Å². The number of aromatic nitrogens is 1. The van der Waals surface area contributed by atoms with Gasteiger partial charge in [0, 0.05) is 19.2 Å². The average Bonchev–Trinajstić information content (AvgIpc) is 2.56. The Bertz CT molecular complexity index is 801. The number of amides is 2. The van der Waals surface area contributed by atoms with E-state index < -0.39 is 5.25 Å². The second-order valence-corrected chi connectivity index (χ2v) is 7.19. The van der Waals surface area contributed by atoms with Crippen molar-refractivity contribution in [3.05, 3.63) is 52.1 Å². The summed E-state index contributed by atoms with van der Waals surface area (Å²) in [6, 6.07) is 8.71. The second kappa shape index (κ2) is 7.42. The van der Waals surface area contributed by atoms with Gasteiger partial charge in [0.25, 0.3) is 0 Å². The molecule has 1 aromatic carbocycles. The number of pyridine rings is 1. The van der Waals surface area contributed by atoms with Gasteiger partial charge >= 0.3 is 0 Å². The van der Waals surface area contributed by atoms with Gasteiger partial charge in [-0.25, -0.2) is 4.98 Å². The molecule has 3 rings (SSSR count). The first kappa shape index (κ1) is 17.1. The highest BCUT2D eigenvalue weighted by Gasteiger charge is 2.29. The lowest BCUT2D eigenvalue weighted by Crippen LogP contribution is -2.34. The highest BCUT2D eigenvalue weighted by atomic mass is 35.5. The van der Waals surface area contributed by atoms with E-state index in [1.165, 1.54) is 11.8 Å². The lowest BCUT2D eigenvalue weighted by atomic mass is 10.2. The minimum Gasteiger partial charge on any atom is -0.352 e. The Hall–Kier alpha value is -1.76. The van der Waals surface area contributed by atoms with Crippen molar-refractivity contribution in [3.8, 4) is 0 Å². The van der Waals surface area contributed by atoms with Crippen LogP contribution in [0.5, 0.6) is 0 Å². The molecular formula is C16H13Cl2N3O2S. The molecule has 5 nitrogen and oxygen atoms in total. The Morgan fingerprint density at radius 2 is 2.12 bits per heavy atom. The molecule has 2 N–H and O–H groups in total. The molecule has 24 heavy (non-hydrogen) atoms. The zero-order chi connectivity index (χ0) is 17.1. The van der Waals surface area contributed by atoms with Gasteiger partial charge in [0.2, 0.25) is 11.8 Å². The van der Waals surface area contributed by atoms with Crippen molar-refractivity contribution in [2.24, 2.45) is 0 Å². The summed E-state index contributed by atoms with van der Waals surface area (Å²) in [5.74, 6) is -0.404. The Balaban J connectivity index is 1.57. The number of nitrogens with one attached hydrogen (secondary N) is 2. The molecule has 1 aliphatic rings. The summed E-state index contributed by atoms with van der Waals surface area (Å²) in [6.07, 6.45) is 1.73. The molecule has 124 valence electrons. The van der Waals surface area contributed by atoms with Crippen LogP contribution in [0.2, 0.25) is 10.0 Å². The minimum absolute atomic E-state index is 0.0772. The Morgan fingerprint density at radius 1 is 1.29 bits per heavy atom. The average molecular weight is 382 g/mol. The lowest BCUT2D eigenvalue weighted by Gasteiger charge is -2.22. The zero-order valence-corrected chi connectivity index (χ0v) is 14.7. The van der Waals surface area contributed by atoms with Crippen LogP contribution >= 0.6 is 35.0 Å². The predicted molar refractivity (Wildman–Crippen MR) is 95.4 cm³/mol. The van der Waals surface area contributed by atoms with Gasteiger partial charge in [-0.05, 0) is 29.8 Å². The van der Waals surface area contributed by atoms with E-state index in [1.807, 2.05) is 0 Å². The van der Waals surface area contributed by atoms with Crippen LogP contribution < -0.4 is 10.6 Å². The SMILES string of the molecule is O=C(CC1Sc2ncccc2NC1=O)NCc1ccc(Cl)c(Cl)c1. The molecule has 8 heteroatoms. The number of benzene rings is 1. The summed E-state index contributed by atoms with van der Waals surface area (Å²) < 4.78 is 0. The number of anilines is 1. The molecule has 0 saturated carbocycles. The Kier molecular flexibility index (Phi) is 5.28. The maximum absolute atomic E-state index is 12.1. The molecule has 0 aliphatic carbocycles. The van der Waals surface area contributed by atoms with E-state index >= 15 is 0 Å². The van der Waals surface area contributed by atoms with Gasteiger partial charge in [-0.3, -0.25) is 9.59 Å².